The highest BCUT2D eigenvalue weighted by molar-refractivity contribution is 5.79. The highest BCUT2D eigenvalue weighted by Gasteiger charge is 2.19. The van der Waals surface area contributed by atoms with Crippen LogP contribution in [0.15, 0.2) is 36.8 Å². The number of anilines is 1. The van der Waals surface area contributed by atoms with E-state index in [2.05, 4.69) is 21.4 Å². The molecule has 0 amide bonds. The molecule has 2 aliphatic rings. The molecule has 0 bridgehead atoms. The quantitative estimate of drug-likeness (QED) is 0.772. The molecule has 0 atom stereocenters. The number of ether oxygens (including phenoxy) is 1. The summed E-state index contributed by atoms with van der Waals surface area (Å²) in [7, 11) is 0. The summed E-state index contributed by atoms with van der Waals surface area (Å²) in [5.74, 6) is 0.722. The third-order valence-electron chi connectivity index (χ3n) is 5.21. The number of fused-ring (bicyclic) bond motifs is 2. The van der Waals surface area contributed by atoms with E-state index in [1.807, 2.05) is 29.0 Å². The van der Waals surface area contributed by atoms with Crippen molar-refractivity contribution < 1.29 is 4.74 Å². The summed E-state index contributed by atoms with van der Waals surface area (Å²) in [6.45, 7) is 1.61. The molecule has 27 heavy (non-hydrogen) atoms. The Morgan fingerprint density at radius 2 is 2.07 bits per heavy atom. The summed E-state index contributed by atoms with van der Waals surface area (Å²) in [4.78, 5) is 13.7. The van der Waals surface area contributed by atoms with Crippen LogP contribution < -0.4 is 5.32 Å². The van der Waals surface area contributed by atoms with Crippen LogP contribution >= 0.6 is 0 Å². The van der Waals surface area contributed by atoms with Gasteiger partial charge in [-0.3, -0.25) is 0 Å². The second kappa shape index (κ2) is 7.08. The number of hydrogen-bond donors (Lipinski definition) is 1. The van der Waals surface area contributed by atoms with Gasteiger partial charge in [-0.2, -0.15) is 5.10 Å². The fourth-order valence-corrected chi connectivity index (χ4v) is 3.75. The van der Waals surface area contributed by atoms with Crippen molar-refractivity contribution in [2.75, 3.05) is 18.5 Å². The van der Waals surface area contributed by atoms with Crippen LogP contribution in [0.3, 0.4) is 0 Å². The van der Waals surface area contributed by atoms with Crippen molar-refractivity contribution in [3.05, 3.63) is 53.8 Å². The van der Waals surface area contributed by atoms with Gasteiger partial charge in [-0.25, -0.2) is 19.5 Å². The van der Waals surface area contributed by atoms with Gasteiger partial charge >= 0.3 is 0 Å². The van der Waals surface area contributed by atoms with Crippen LogP contribution in [0.1, 0.15) is 42.6 Å². The predicted octanol–water partition coefficient (Wildman–Crippen LogP) is 2.88. The fourth-order valence-electron chi connectivity index (χ4n) is 3.75. The summed E-state index contributed by atoms with van der Waals surface area (Å²) in [6, 6.07) is 4.41. The Hall–Kier alpha value is -2.80. The van der Waals surface area contributed by atoms with Crippen molar-refractivity contribution in [3.8, 4) is 0 Å². The van der Waals surface area contributed by atoms with E-state index >= 15 is 0 Å². The maximum atomic E-state index is 5.43. The number of rotatable bonds is 3. The lowest BCUT2D eigenvalue weighted by molar-refractivity contribution is 0.0903. The van der Waals surface area contributed by atoms with E-state index in [4.69, 9.17) is 14.8 Å². The van der Waals surface area contributed by atoms with Crippen LogP contribution in [-0.4, -0.2) is 43.8 Å². The third kappa shape index (κ3) is 3.30. The zero-order chi connectivity index (χ0) is 18.1. The normalized spacial score (nSPS) is 18.0. The number of allylic oxidation sites excluding steroid dienone is 1. The first-order valence-corrected chi connectivity index (χ1v) is 9.58. The number of imidazole rings is 1. The summed E-state index contributed by atoms with van der Waals surface area (Å²) in [5, 5.41) is 8.19. The smallest absolute Gasteiger partial charge is 0.223 e. The van der Waals surface area contributed by atoms with E-state index in [9.17, 15) is 0 Å². The number of nitrogens with zero attached hydrogens (tertiary/aromatic N) is 5. The van der Waals surface area contributed by atoms with Crippen molar-refractivity contribution in [2.24, 2.45) is 0 Å². The van der Waals surface area contributed by atoms with E-state index in [-0.39, 0.29) is 0 Å². The van der Waals surface area contributed by atoms with Crippen LogP contribution in [0.25, 0.3) is 11.2 Å². The minimum atomic E-state index is 0.392. The van der Waals surface area contributed by atoms with E-state index < -0.39 is 0 Å². The molecule has 0 spiro atoms. The third-order valence-corrected chi connectivity index (χ3v) is 5.21. The van der Waals surface area contributed by atoms with E-state index in [0.29, 0.717) is 6.04 Å². The first kappa shape index (κ1) is 16.4. The molecule has 0 aromatic carbocycles. The Balaban J connectivity index is 1.47. The number of hydrogen-bond acceptors (Lipinski definition) is 6. The highest BCUT2D eigenvalue weighted by atomic mass is 16.5. The molecule has 1 aliphatic heterocycles. The molecule has 1 aliphatic carbocycles. The summed E-state index contributed by atoms with van der Waals surface area (Å²) >= 11 is 0. The minimum Gasteiger partial charge on any atom is -0.381 e. The van der Waals surface area contributed by atoms with Crippen LogP contribution in [0.2, 0.25) is 0 Å². The van der Waals surface area contributed by atoms with E-state index in [0.717, 1.165) is 79.4 Å². The van der Waals surface area contributed by atoms with Gasteiger partial charge in [-0.1, -0.05) is 6.08 Å². The minimum absolute atomic E-state index is 0.392. The number of aromatic nitrogens is 5. The van der Waals surface area contributed by atoms with Gasteiger partial charge in [-0.15, -0.1) is 0 Å². The van der Waals surface area contributed by atoms with Gasteiger partial charge in [0.1, 0.15) is 0 Å². The first-order valence-electron chi connectivity index (χ1n) is 9.58. The maximum Gasteiger partial charge on any atom is 0.223 e. The zero-order valence-corrected chi connectivity index (χ0v) is 15.1. The lowest BCUT2D eigenvalue weighted by Crippen LogP contribution is -2.28. The Morgan fingerprint density at radius 3 is 3.00 bits per heavy atom. The van der Waals surface area contributed by atoms with Crippen molar-refractivity contribution in [1.82, 2.24) is 24.6 Å². The average molecular weight is 362 g/mol. The van der Waals surface area contributed by atoms with Crippen molar-refractivity contribution in [1.29, 1.82) is 0 Å². The second-order valence-electron chi connectivity index (χ2n) is 7.04. The monoisotopic (exact) mass is 362 g/mol. The first-order chi connectivity index (χ1) is 13.4. The van der Waals surface area contributed by atoms with Crippen LogP contribution in [0, 0.1) is 0 Å². The predicted molar refractivity (Wildman–Crippen MR) is 102 cm³/mol. The molecule has 5 rings (SSSR count). The van der Waals surface area contributed by atoms with Gasteiger partial charge in [-0.05, 0) is 44.2 Å². The molecule has 0 saturated carbocycles. The van der Waals surface area contributed by atoms with Gasteiger partial charge in [0.25, 0.3) is 0 Å². The molecule has 138 valence electrons. The molecule has 3 aromatic heterocycles. The SMILES string of the molecule is C1=C(c2ccc3nccn3n2)c2cnc(NC3CCOCC3)nc2CCC1. The zero-order valence-electron chi connectivity index (χ0n) is 15.1. The molecule has 7 nitrogen and oxygen atoms in total. The molecule has 4 heterocycles. The molecular weight excluding hydrogens is 340 g/mol. The molecule has 0 radical (unpaired) electrons. The lowest BCUT2D eigenvalue weighted by atomic mass is 10.0. The maximum absolute atomic E-state index is 5.43. The molecule has 1 N–H and O–H groups in total. The summed E-state index contributed by atoms with van der Waals surface area (Å²) < 4.78 is 7.24. The van der Waals surface area contributed by atoms with Crippen molar-refractivity contribution in [3.63, 3.8) is 0 Å². The van der Waals surface area contributed by atoms with Gasteiger partial charge in [0.05, 0.1) is 11.4 Å². The van der Waals surface area contributed by atoms with Gasteiger partial charge in [0, 0.05) is 49.0 Å². The molecule has 1 saturated heterocycles. The summed E-state index contributed by atoms with van der Waals surface area (Å²) in [5.41, 5.74) is 5.06. The van der Waals surface area contributed by atoms with Gasteiger partial charge < -0.3 is 10.1 Å². The molecule has 1 fully saturated rings. The average Bonchev–Trinajstić information content (AvgIpc) is 3.07. The van der Waals surface area contributed by atoms with Gasteiger partial charge in [0.2, 0.25) is 5.95 Å². The Morgan fingerprint density at radius 1 is 1.15 bits per heavy atom. The van der Waals surface area contributed by atoms with E-state index in [1.54, 1.807) is 6.20 Å². The number of nitrogens with one attached hydrogen (secondary N) is 1. The summed E-state index contributed by atoms with van der Waals surface area (Å²) in [6.07, 6.45) is 12.9. The standard InChI is InChI=1S/C20H22N6O/c1-2-4-17-16(13-22-20(24-17)23-14-7-11-27-12-8-14)15(3-1)18-5-6-19-21-9-10-26(19)25-18/h3,5-6,9-10,13-14H,1-2,4,7-8,11-12H2,(H,22,23,24). The topological polar surface area (TPSA) is 77.2 Å². The largest absolute Gasteiger partial charge is 0.381 e. The van der Waals surface area contributed by atoms with Crippen LogP contribution in [-0.2, 0) is 11.2 Å². The molecule has 0 unspecified atom stereocenters. The van der Waals surface area contributed by atoms with Crippen LogP contribution in [0.5, 0.6) is 0 Å². The number of aryl methyl sites for hydroxylation is 1. The van der Waals surface area contributed by atoms with Crippen molar-refractivity contribution >= 4 is 17.2 Å². The van der Waals surface area contributed by atoms with Crippen molar-refractivity contribution in [2.45, 2.75) is 38.1 Å². The lowest BCUT2D eigenvalue weighted by Gasteiger charge is -2.23. The van der Waals surface area contributed by atoms with E-state index in [1.165, 1.54) is 0 Å². The fraction of sp³-hybridized carbons (Fsp3) is 0.400. The van der Waals surface area contributed by atoms with Gasteiger partial charge in [0.15, 0.2) is 5.65 Å². The molecular formula is C20H22N6O. The second-order valence-corrected chi connectivity index (χ2v) is 7.04. The highest BCUT2D eigenvalue weighted by Crippen LogP contribution is 2.29. The molecule has 3 aromatic rings. The Labute approximate surface area is 157 Å². The molecule has 7 heteroatoms. The Kier molecular flexibility index (Phi) is 4.29. The van der Waals surface area contributed by atoms with Crippen LogP contribution in [0.4, 0.5) is 5.95 Å². The Bertz CT molecular complexity index is 989.